The Morgan fingerprint density at radius 3 is 2.50 bits per heavy atom. The summed E-state index contributed by atoms with van der Waals surface area (Å²) in [6, 6.07) is 13.8. The van der Waals surface area contributed by atoms with Crippen molar-refractivity contribution in [1.29, 1.82) is 0 Å². The Kier molecular flexibility index (Phi) is 6.01. The second-order valence-electron chi connectivity index (χ2n) is 8.46. The number of carbonyl (C=O) groups excluding carboxylic acids is 1. The molecule has 2 aromatic carbocycles. The predicted octanol–water partition coefficient (Wildman–Crippen LogP) is 5.14. The number of rotatable bonds is 6. The summed E-state index contributed by atoms with van der Waals surface area (Å²) < 4.78 is 33.7. The van der Waals surface area contributed by atoms with Crippen LogP contribution in [0.3, 0.4) is 0 Å². The van der Waals surface area contributed by atoms with Gasteiger partial charge in [-0.05, 0) is 80.3 Å². The number of benzene rings is 2. The van der Waals surface area contributed by atoms with E-state index in [1.807, 2.05) is 26.0 Å². The van der Waals surface area contributed by atoms with Crippen LogP contribution in [0.4, 0.5) is 5.13 Å². The molecule has 1 fully saturated rings. The maximum Gasteiger partial charge on any atom is 0.260 e. The Morgan fingerprint density at radius 1 is 1.09 bits per heavy atom. The highest BCUT2D eigenvalue weighted by molar-refractivity contribution is 7.89. The van der Waals surface area contributed by atoms with Crippen LogP contribution in [0, 0.1) is 13.8 Å². The van der Waals surface area contributed by atoms with E-state index in [1.165, 1.54) is 27.8 Å². The number of amides is 1. The molecule has 0 N–H and O–H groups in total. The van der Waals surface area contributed by atoms with Gasteiger partial charge < -0.3 is 4.42 Å². The summed E-state index contributed by atoms with van der Waals surface area (Å²) >= 11 is 1.45. The van der Waals surface area contributed by atoms with Gasteiger partial charge >= 0.3 is 0 Å². The van der Waals surface area contributed by atoms with Gasteiger partial charge in [-0.3, -0.25) is 9.69 Å². The van der Waals surface area contributed by atoms with Crippen LogP contribution in [0.1, 0.15) is 40.1 Å². The highest BCUT2D eigenvalue weighted by Crippen LogP contribution is 2.33. The van der Waals surface area contributed by atoms with Gasteiger partial charge in [0.05, 0.1) is 27.9 Å². The van der Waals surface area contributed by atoms with Gasteiger partial charge in [0.15, 0.2) is 5.13 Å². The molecule has 0 aliphatic carbocycles. The molecule has 1 amide bonds. The Labute approximate surface area is 202 Å². The van der Waals surface area contributed by atoms with Crippen LogP contribution in [0.2, 0.25) is 0 Å². The molecule has 176 valence electrons. The summed E-state index contributed by atoms with van der Waals surface area (Å²) in [5, 5.41) is 0.568. The highest BCUT2D eigenvalue weighted by Gasteiger charge is 2.28. The van der Waals surface area contributed by atoms with Crippen LogP contribution in [-0.2, 0) is 16.6 Å². The van der Waals surface area contributed by atoms with Gasteiger partial charge in [0, 0.05) is 18.7 Å². The topological polar surface area (TPSA) is 83.7 Å². The van der Waals surface area contributed by atoms with Gasteiger partial charge in [0.2, 0.25) is 10.0 Å². The number of thiazole rings is 1. The number of sulfonamides is 1. The lowest BCUT2D eigenvalue weighted by atomic mass is 10.1. The Bertz CT molecular complexity index is 1440. The summed E-state index contributed by atoms with van der Waals surface area (Å²) in [4.78, 5) is 20.2. The lowest BCUT2D eigenvalue weighted by Gasteiger charge is -2.19. The smallest absolute Gasteiger partial charge is 0.260 e. The summed E-state index contributed by atoms with van der Waals surface area (Å²) in [6.07, 6.45) is 3.32. The predicted molar refractivity (Wildman–Crippen MR) is 133 cm³/mol. The fourth-order valence-corrected chi connectivity index (χ4v) is 6.66. The lowest BCUT2D eigenvalue weighted by molar-refractivity contribution is 0.0983. The number of aryl methyl sites for hydroxylation is 2. The molecule has 0 atom stereocenters. The number of hydrogen-bond donors (Lipinski definition) is 0. The van der Waals surface area contributed by atoms with Gasteiger partial charge in [-0.1, -0.05) is 17.4 Å². The van der Waals surface area contributed by atoms with Crippen molar-refractivity contribution in [2.45, 2.75) is 38.1 Å². The van der Waals surface area contributed by atoms with Gasteiger partial charge in [-0.2, -0.15) is 4.31 Å². The average molecular weight is 496 g/mol. The number of fused-ring (bicyclic) bond motifs is 1. The molecule has 1 aliphatic rings. The molecule has 1 saturated heterocycles. The van der Waals surface area contributed by atoms with E-state index < -0.39 is 10.0 Å². The van der Waals surface area contributed by atoms with E-state index >= 15 is 0 Å². The van der Waals surface area contributed by atoms with E-state index in [2.05, 4.69) is 6.07 Å². The maximum atomic E-state index is 13.6. The van der Waals surface area contributed by atoms with Crippen molar-refractivity contribution in [3.63, 3.8) is 0 Å². The standard InChI is InChI=1S/C25H25N3O4S2/c1-17-7-12-22-23(18(17)2)26-25(33-22)28(16-20-6-5-15-32-20)24(29)19-8-10-21(11-9-19)34(30,31)27-13-3-4-14-27/h5-12,15H,3-4,13-14,16H2,1-2H3. The maximum absolute atomic E-state index is 13.6. The zero-order valence-corrected chi connectivity index (χ0v) is 20.7. The fraction of sp³-hybridized carbons (Fsp3) is 0.280. The van der Waals surface area contributed by atoms with Crippen molar-refractivity contribution >= 4 is 42.6 Å². The third-order valence-electron chi connectivity index (χ3n) is 6.25. The zero-order chi connectivity index (χ0) is 23.9. The molecule has 34 heavy (non-hydrogen) atoms. The van der Waals surface area contributed by atoms with E-state index in [0.717, 1.165) is 34.2 Å². The molecule has 0 saturated carbocycles. The highest BCUT2D eigenvalue weighted by atomic mass is 32.2. The van der Waals surface area contributed by atoms with Crippen molar-refractivity contribution in [2.24, 2.45) is 0 Å². The second kappa shape index (κ2) is 8.98. The number of hydrogen-bond acceptors (Lipinski definition) is 6. The van der Waals surface area contributed by atoms with E-state index in [-0.39, 0.29) is 17.3 Å². The summed E-state index contributed by atoms with van der Waals surface area (Å²) in [6.45, 7) is 5.36. The Hall–Kier alpha value is -3.01. The quantitative estimate of drug-likeness (QED) is 0.370. The van der Waals surface area contributed by atoms with E-state index in [0.29, 0.717) is 29.5 Å². The van der Waals surface area contributed by atoms with E-state index in [1.54, 1.807) is 29.4 Å². The minimum atomic E-state index is -3.54. The van der Waals surface area contributed by atoms with E-state index in [9.17, 15) is 13.2 Å². The molecule has 0 spiro atoms. The minimum absolute atomic E-state index is 0.203. The average Bonchev–Trinajstić information content (AvgIpc) is 3.61. The molecule has 3 heterocycles. The molecule has 0 radical (unpaired) electrons. The van der Waals surface area contributed by atoms with Crippen LogP contribution < -0.4 is 4.90 Å². The molecule has 0 bridgehead atoms. The zero-order valence-electron chi connectivity index (χ0n) is 19.0. The van der Waals surface area contributed by atoms with Crippen molar-refractivity contribution in [2.75, 3.05) is 18.0 Å². The second-order valence-corrected chi connectivity index (χ2v) is 11.4. The van der Waals surface area contributed by atoms with Crippen molar-refractivity contribution in [3.8, 4) is 0 Å². The first-order valence-electron chi connectivity index (χ1n) is 11.2. The van der Waals surface area contributed by atoms with Crippen LogP contribution in [0.25, 0.3) is 10.2 Å². The molecular formula is C25H25N3O4S2. The Balaban J connectivity index is 1.49. The molecular weight excluding hydrogens is 470 g/mol. The third-order valence-corrected chi connectivity index (χ3v) is 9.20. The van der Waals surface area contributed by atoms with Gasteiger partial charge in [-0.15, -0.1) is 0 Å². The van der Waals surface area contributed by atoms with Crippen LogP contribution in [0.15, 0.2) is 64.1 Å². The monoisotopic (exact) mass is 495 g/mol. The van der Waals surface area contributed by atoms with Crippen LogP contribution >= 0.6 is 11.3 Å². The summed E-state index contributed by atoms with van der Waals surface area (Å²) in [7, 11) is -3.54. The number of furan rings is 1. The van der Waals surface area contributed by atoms with Crippen LogP contribution in [0.5, 0.6) is 0 Å². The molecule has 1 aliphatic heterocycles. The summed E-state index contributed by atoms with van der Waals surface area (Å²) in [5.41, 5.74) is 3.49. The first kappa shape index (κ1) is 22.8. The molecule has 2 aromatic heterocycles. The molecule has 4 aromatic rings. The molecule has 7 nitrogen and oxygen atoms in total. The van der Waals surface area contributed by atoms with Gasteiger partial charge in [-0.25, -0.2) is 13.4 Å². The normalized spacial score (nSPS) is 14.6. The van der Waals surface area contributed by atoms with Gasteiger partial charge in [0.25, 0.3) is 5.91 Å². The SMILES string of the molecule is Cc1ccc2sc(N(Cc3ccco3)C(=O)c3ccc(S(=O)(=O)N4CCCC4)cc3)nc2c1C. The van der Waals surface area contributed by atoms with Crippen molar-refractivity contribution in [3.05, 3.63) is 77.2 Å². The number of anilines is 1. The van der Waals surface area contributed by atoms with Crippen LogP contribution in [-0.4, -0.2) is 36.7 Å². The lowest BCUT2D eigenvalue weighted by Crippen LogP contribution is -2.30. The largest absolute Gasteiger partial charge is 0.467 e. The molecule has 5 rings (SSSR count). The number of nitrogens with zero attached hydrogens (tertiary/aromatic N) is 3. The van der Waals surface area contributed by atoms with Crippen molar-refractivity contribution in [1.82, 2.24) is 9.29 Å². The van der Waals surface area contributed by atoms with E-state index in [4.69, 9.17) is 9.40 Å². The molecule has 9 heteroatoms. The first-order chi connectivity index (χ1) is 16.3. The third kappa shape index (κ3) is 4.15. The van der Waals surface area contributed by atoms with Gasteiger partial charge in [0.1, 0.15) is 5.76 Å². The number of aromatic nitrogens is 1. The first-order valence-corrected chi connectivity index (χ1v) is 13.4. The molecule has 0 unspecified atom stereocenters. The minimum Gasteiger partial charge on any atom is -0.467 e. The number of carbonyl (C=O) groups is 1. The van der Waals surface area contributed by atoms with Crippen molar-refractivity contribution < 1.29 is 17.6 Å². The summed E-state index contributed by atoms with van der Waals surface area (Å²) in [5.74, 6) is 0.365. The fourth-order valence-electron chi connectivity index (χ4n) is 4.12. The Morgan fingerprint density at radius 2 is 1.82 bits per heavy atom.